The molecule has 0 spiro atoms. The van der Waals surface area contributed by atoms with Crippen molar-refractivity contribution in [3.8, 4) is 0 Å². The molecule has 7 heteroatoms. The number of fused-ring (bicyclic) bond motifs is 1. The summed E-state index contributed by atoms with van der Waals surface area (Å²) in [5.74, 6) is 0.389. The molecule has 0 unspecified atom stereocenters. The third-order valence-corrected chi connectivity index (χ3v) is 5.12. The molecule has 1 aliphatic rings. The normalized spacial score (nSPS) is 14.2. The van der Waals surface area contributed by atoms with Gasteiger partial charge < -0.3 is 19.7 Å². The topological polar surface area (TPSA) is 68.6 Å². The molecule has 1 fully saturated rings. The van der Waals surface area contributed by atoms with Gasteiger partial charge in [-0.1, -0.05) is 43.3 Å². The van der Waals surface area contributed by atoms with E-state index >= 15 is 0 Å². The number of hydrogen-bond donors (Lipinski definition) is 1. The summed E-state index contributed by atoms with van der Waals surface area (Å²) in [6.07, 6.45) is 0.878. The molecule has 1 aliphatic heterocycles. The molecule has 1 N–H and O–H groups in total. The Morgan fingerprint density at radius 2 is 1.93 bits per heavy atom. The largest absolute Gasteiger partial charge is 0.378 e. The van der Waals surface area contributed by atoms with Crippen LogP contribution < -0.4 is 10.2 Å². The van der Waals surface area contributed by atoms with Gasteiger partial charge >= 0.3 is 0 Å². The third-order valence-electron chi connectivity index (χ3n) is 5.12. The van der Waals surface area contributed by atoms with Crippen molar-refractivity contribution in [2.75, 3.05) is 49.7 Å². The van der Waals surface area contributed by atoms with Crippen LogP contribution in [0.5, 0.6) is 0 Å². The number of nitrogens with one attached hydrogen (secondary N) is 1. The minimum Gasteiger partial charge on any atom is -0.378 e. The Balaban J connectivity index is 1.70. The second kappa shape index (κ2) is 9.73. The van der Waals surface area contributed by atoms with Crippen molar-refractivity contribution in [2.24, 2.45) is 0 Å². The van der Waals surface area contributed by atoms with E-state index in [2.05, 4.69) is 34.5 Å². The fourth-order valence-electron chi connectivity index (χ4n) is 3.72. The number of rotatable bonds is 8. The van der Waals surface area contributed by atoms with Crippen LogP contribution in [0.2, 0.25) is 0 Å². The number of hydrogen-bond acceptors (Lipinski definition) is 5. The lowest BCUT2D eigenvalue weighted by Gasteiger charge is -2.29. The number of nitrogens with zero attached hydrogens (tertiary/aromatic N) is 3. The van der Waals surface area contributed by atoms with Gasteiger partial charge in [-0.25, -0.2) is 0 Å². The molecule has 158 valence electrons. The Kier molecular flexibility index (Phi) is 6.61. The van der Waals surface area contributed by atoms with E-state index in [0.29, 0.717) is 32.2 Å². The van der Waals surface area contributed by atoms with Crippen LogP contribution in [0.1, 0.15) is 18.9 Å². The van der Waals surface area contributed by atoms with E-state index in [1.165, 1.54) is 0 Å². The standard InChI is InChI=1S/C23H28N4O3/c1-2-13-30-17-21(28)24-23-22-19(26-11-14-29-15-12-26)9-6-10-20(22)27(25-23)16-18-7-4-3-5-8-18/h3-10H,2,11-17H2,1H3,(H,24,25,28). The van der Waals surface area contributed by atoms with Gasteiger partial charge in [-0.3, -0.25) is 9.48 Å². The van der Waals surface area contributed by atoms with Gasteiger partial charge in [0.1, 0.15) is 6.61 Å². The summed E-state index contributed by atoms with van der Waals surface area (Å²) in [6.45, 7) is 6.27. The van der Waals surface area contributed by atoms with Crippen LogP contribution in [-0.2, 0) is 20.8 Å². The molecule has 1 amide bonds. The number of carbonyl (C=O) groups is 1. The highest BCUT2D eigenvalue weighted by Crippen LogP contribution is 2.34. The maximum atomic E-state index is 12.5. The Morgan fingerprint density at radius 3 is 2.70 bits per heavy atom. The molecule has 0 bridgehead atoms. The Bertz CT molecular complexity index is 981. The highest BCUT2D eigenvalue weighted by molar-refractivity contribution is 6.06. The maximum absolute atomic E-state index is 12.5. The van der Waals surface area contributed by atoms with E-state index in [1.54, 1.807) is 0 Å². The van der Waals surface area contributed by atoms with E-state index in [4.69, 9.17) is 14.6 Å². The number of anilines is 2. The van der Waals surface area contributed by atoms with Crippen molar-refractivity contribution in [2.45, 2.75) is 19.9 Å². The van der Waals surface area contributed by atoms with Gasteiger partial charge in [0.05, 0.1) is 36.3 Å². The fourth-order valence-corrected chi connectivity index (χ4v) is 3.72. The second-order valence-corrected chi connectivity index (χ2v) is 7.36. The molecule has 2 aromatic carbocycles. The Labute approximate surface area is 176 Å². The zero-order chi connectivity index (χ0) is 20.8. The quantitative estimate of drug-likeness (QED) is 0.580. The smallest absolute Gasteiger partial charge is 0.251 e. The molecular weight excluding hydrogens is 380 g/mol. The van der Waals surface area contributed by atoms with E-state index in [-0.39, 0.29) is 12.5 Å². The molecule has 0 atom stereocenters. The zero-order valence-corrected chi connectivity index (χ0v) is 17.3. The lowest BCUT2D eigenvalue weighted by Crippen LogP contribution is -2.36. The predicted molar refractivity (Wildman–Crippen MR) is 118 cm³/mol. The number of amides is 1. The van der Waals surface area contributed by atoms with Gasteiger partial charge in [-0.05, 0) is 24.1 Å². The van der Waals surface area contributed by atoms with E-state index < -0.39 is 0 Å². The maximum Gasteiger partial charge on any atom is 0.251 e. The summed E-state index contributed by atoms with van der Waals surface area (Å²) >= 11 is 0. The van der Waals surface area contributed by atoms with Crippen LogP contribution in [-0.4, -0.2) is 55.2 Å². The van der Waals surface area contributed by atoms with Crippen molar-refractivity contribution < 1.29 is 14.3 Å². The number of aromatic nitrogens is 2. The molecular formula is C23H28N4O3. The first-order chi connectivity index (χ1) is 14.8. The first-order valence-corrected chi connectivity index (χ1v) is 10.5. The van der Waals surface area contributed by atoms with Crippen LogP contribution in [0.25, 0.3) is 10.9 Å². The molecule has 0 radical (unpaired) electrons. The van der Waals surface area contributed by atoms with Crippen molar-refractivity contribution in [3.05, 3.63) is 54.1 Å². The number of ether oxygens (including phenoxy) is 2. The molecule has 7 nitrogen and oxygen atoms in total. The van der Waals surface area contributed by atoms with Crippen LogP contribution in [0.4, 0.5) is 11.5 Å². The van der Waals surface area contributed by atoms with Crippen LogP contribution in [0, 0.1) is 0 Å². The van der Waals surface area contributed by atoms with Crippen molar-refractivity contribution >= 4 is 28.3 Å². The van der Waals surface area contributed by atoms with Gasteiger partial charge in [-0.15, -0.1) is 0 Å². The summed E-state index contributed by atoms with van der Waals surface area (Å²) in [6, 6.07) is 16.4. The average molecular weight is 409 g/mol. The van der Waals surface area contributed by atoms with Crippen molar-refractivity contribution in [1.82, 2.24) is 9.78 Å². The highest BCUT2D eigenvalue weighted by atomic mass is 16.5. The number of carbonyl (C=O) groups excluding carboxylic acids is 1. The van der Waals surface area contributed by atoms with Gasteiger partial charge in [0.2, 0.25) is 0 Å². The number of benzene rings is 2. The molecule has 2 heterocycles. The van der Waals surface area contributed by atoms with Gasteiger partial charge in [-0.2, -0.15) is 5.10 Å². The molecule has 1 aromatic heterocycles. The molecule has 4 rings (SSSR count). The second-order valence-electron chi connectivity index (χ2n) is 7.36. The first kappa shape index (κ1) is 20.4. The summed E-state index contributed by atoms with van der Waals surface area (Å²) in [5.41, 5.74) is 3.22. The Hall–Kier alpha value is -2.90. The first-order valence-electron chi connectivity index (χ1n) is 10.5. The summed E-state index contributed by atoms with van der Waals surface area (Å²) < 4.78 is 12.9. The van der Waals surface area contributed by atoms with Gasteiger partial charge in [0.25, 0.3) is 5.91 Å². The molecule has 1 saturated heterocycles. The SMILES string of the molecule is CCCOCC(=O)Nc1nn(Cc2ccccc2)c2cccc(N3CCOCC3)c12. The summed E-state index contributed by atoms with van der Waals surface area (Å²) in [7, 11) is 0. The lowest BCUT2D eigenvalue weighted by atomic mass is 10.1. The molecule has 30 heavy (non-hydrogen) atoms. The fraction of sp³-hybridized carbons (Fsp3) is 0.391. The highest BCUT2D eigenvalue weighted by Gasteiger charge is 2.21. The summed E-state index contributed by atoms with van der Waals surface area (Å²) in [5, 5.41) is 8.71. The molecule has 0 saturated carbocycles. The molecule has 3 aromatic rings. The Morgan fingerprint density at radius 1 is 1.13 bits per heavy atom. The van der Waals surface area contributed by atoms with Crippen molar-refractivity contribution in [3.63, 3.8) is 0 Å². The van der Waals surface area contributed by atoms with Crippen LogP contribution in [0.15, 0.2) is 48.5 Å². The van der Waals surface area contributed by atoms with E-state index in [0.717, 1.165) is 41.7 Å². The van der Waals surface area contributed by atoms with E-state index in [1.807, 2.05) is 35.9 Å². The lowest BCUT2D eigenvalue weighted by molar-refractivity contribution is -0.120. The van der Waals surface area contributed by atoms with E-state index in [9.17, 15) is 4.79 Å². The molecule has 0 aliphatic carbocycles. The summed E-state index contributed by atoms with van der Waals surface area (Å²) in [4.78, 5) is 14.8. The minimum absolute atomic E-state index is 0.0284. The zero-order valence-electron chi connectivity index (χ0n) is 17.3. The third kappa shape index (κ3) is 4.63. The predicted octanol–water partition coefficient (Wildman–Crippen LogP) is 3.29. The van der Waals surface area contributed by atoms with Gasteiger partial charge in [0.15, 0.2) is 5.82 Å². The average Bonchev–Trinajstić information content (AvgIpc) is 3.12. The monoisotopic (exact) mass is 408 g/mol. The van der Waals surface area contributed by atoms with Crippen LogP contribution >= 0.6 is 0 Å². The van der Waals surface area contributed by atoms with Crippen LogP contribution in [0.3, 0.4) is 0 Å². The van der Waals surface area contributed by atoms with Gasteiger partial charge in [0, 0.05) is 19.7 Å². The minimum atomic E-state index is -0.188. The number of morpholine rings is 1. The van der Waals surface area contributed by atoms with Crippen molar-refractivity contribution in [1.29, 1.82) is 0 Å².